The molecule has 0 radical (unpaired) electrons. The molecule has 9 heteroatoms. The van der Waals surface area contributed by atoms with Gasteiger partial charge >= 0.3 is 6.18 Å². The third kappa shape index (κ3) is 4.22. The summed E-state index contributed by atoms with van der Waals surface area (Å²) in [7, 11) is 0. The number of nitrogen functional groups attached to an aromatic ring is 1. The van der Waals surface area contributed by atoms with E-state index in [9.17, 15) is 13.2 Å². The molecule has 96 valence electrons. The van der Waals surface area contributed by atoms with E-state index in [1.807, 2.05) is 0 Å². The quantitative estimate of drug-likeness (QED) is 0.907. The van der Waals surface area contributed by atoms with Gasteiger partial charge in [0.2, 0.25) is 17.2 Å². The fourth-order valence-corrected chi connectivity index (χ4v) is 1.32. The van der Waals surface area contributed by atoms with Crippen molar-refractivity contribution in [2.45, 2.75) is 26.1 Å². The molecular weight excluding hydrogens is 259 g/mol. The molecule has 0 spiro atoms. The molecule has 1 aromatic rings. The van der Waals surface area contributed by atoms with E-state index < -0.39 is 18.8 Å². The number of anilines is 2. The molecule has 0 aromatic carbocycles. The first-order valence-electron chi connectivity index (χ1n) is 4.69. The van der Waals surface area contributed by atoms with E-state index in [4.69, 9.17) is 17.3 Å². The fourth-order valence-electron chi connectivity index (χ4n) is 1.16. The van der Waals surface area contributed by atoms with Gasteiger partial charge in [-0.15, -0.1) is 0 Å². The van der Waals surface area contributed by atoms with Crippen molar-refractivity contribution in [3.05, 3.63) is 5.28 Å². The van der Waals surface area contributed by atoms with Gasteiger partial charge < -0.3 is 10.6 Å². The molecule has 1 heterocycles. The van der Waals surface area contributed by atoms with E-state index in [2.05, 4.69) is 15.0 Å². The van der Waals surface area contributed by atoms with E-state index in [1.165, 1.54) is 0 Å². The summed E-state index contributed by atoms with van der Waals surface area (Å²) in [5, 5.41) is -0.236. The van der Waals surface area contributed by atoms with Crippen LogP contribution in [-0.2, 0) is 0 Å². The zero-order chi connectivity index (χ0) is 13.2. The van der Waals surface area contributed by atoms with Crippen LogP contribution in [0.15, 0.2) is 0 Å². The van der Waals surface area contributed by atoms with Crippen molar-refractivity contribution in [2.24, 2.45) is 0 Å². The zero-order valence-corrected chi connectivity index (χ0v) is 9.92. The summed E-state index contributed by atoms with van der Waals surface area (Å²) in [6, 6.07) is -0.450. The number of nitrogens with two attached hydrogens (primary N) is 1. The van der Waals surface area contributed by atoms with E-state index in [0.29, 0.717) is 0 Å². The number of alkyl halides is 3. The third-order valence-corrected chi connectivity index (χ3v) is 2.01. The fraction of sp³-hybridized carbons (Fsp3) is 0.625. The maximum absolute atomic E-state index is 12.4. The number of hydrogen-bond donors (Lipinski definition) is 1. The van der Waals surface area contributed by atoms with Gasteiger partial charge in [-0.25, -0.2) is 0 Å². The molecule has 2 N–H and O–H groups in total. The first-order chi connectivity index (χ1) is 7.69. The molecule has 1 aromatic heterocycles. The monoisotopic (exact) mass is 269 g/mol. The van der Waals surface area contributed by atoms with Gasteiger partial charge in [0.1, 0.15) is 6.54 Å². The lowest BCUT2D eigenvalue weighted by Gasteiger charge is -2.27. The second kappa shape index (κ2) is 4.91. The highest BCUT2D eigenvalue weighted by Gasteiger charge is 2.33. The van der Waals surface area contributed by atoms with Crippen molar-refractivity contribution >= 4 is 23.5 Å². The molecule has 0 bridgehead atoms. The van der Waals surface area contributed by atoms with Gasteiger partial charge in [-0.1, -0.05) is 0 Å². The van der Waals surface area contributed by atoms with E-state index in [-0.39, 0.29) is 17.2 Å². The van der Waals surface area contributed by atoms with Crippen LogP contribution in [0.3, 0.4) is 0 Å². The van der Waals surface area contributed by atoms with Crippen molar-refractivity contribution < 1.29 is 13.2 Å². The Morgan fingerprint density at radius 3 is 2.29 bits per heavy atom. The maximum atomic E-state index is 12.4. The number of hydrogen-bond acceptors (Lipinski definition) is 5. The molecule has 1 rings (SSSR count). The predicted molar refractivity (Wildman–Crippen MR) is 57.8 cm³/mol. The van der Waals surface area contributed by atoms with Crippen molar-refractivity contribution in [3.63, 3.8) is 0 Å². The zero-order valence-electron chi connectivity index (χ0n) is 9.16. The highest BCUT2D eigenvalue weighted by molar-refractivity contribution is 6.28. The Morgan fingerprint density at radius 2 is 1.88 bits per heavy atom. The molecule has 0 unspecified atom stereocenters. The molecule has 0 atom stereocenters. The lowest BCUT2D eigenvalue weighted by molar-refractivity contribution is -0.120. The summed E-state index contributed by atoms with van der Waals surface area (Å²) < 4.78 is 37.1. The Bertz CT molecular complexity index is 375. The number of nitrogens with zero attached hydrogens (tertiary/aromatic N) is 4. The van der Waals surface area contributed by atoms with Crippen LogP contribution in [0.2, 0.25) is 5.28 Å². The van der Waals surface area contributed by atoms with Crippen molar-refractivity contribution in [2.75, 3.05) is 17.2 Å². The van der Waals surface area contributed by atoms with Crippen LogP contribution in [0.1, 0.15) is 13.8 Å². The lowest BCUT2D eigenvalue weighted by Crippen LogP contribution is -2.40. The SMILES string of the molecule is CC(C)N(CC(F)(F)F)c1nc(N)nc(Cl)n1. The average Bonchev–Trinajstić information content (AvgIpc) is 2.10. The highest BCUT2D eigenvalue weighted by Crippen LogP contribution is 2.22. The Kier molecular flexibility index (Phi) is 3.97. The van der Waals surface area contributed by atoms with Crippen LogP contribution >= 0.6 is 11.6 Å². The molecule has 0 fully saturated rings. The van der Waals surface area contributed by atoms with Gasteiger partial charge in [0.25, 0.3) is 0 Å². The van der Waals surface area contributed by atoms with Crippen LogP contribution in [0, 0.1) is 0 Å². The van der Waals surface area contributed by atoms with E-state index in [0.717, 1.165) is 4.90 Å². The minimum Gasteiger partial charge on any atom is -0.368 e. The first-order valence-corrected chi connectivity index (χ1v) is 5.07. The summed E-state index contributed by atoms with van der Waals surface area (Å²) >= 11 is 5.52. The molecule has 17 heavy (non-hydrogen) atoms. The number of halogens is 4. The van der Waals surface area contributed by atoms with E-state index in [1.54, 1.807) is 13.8 Å². The van der Waals surface area contributed by atoms with Gasteiger partial charge in [0.05, 0.1) is 0 Å². The molecule has 0 saturated carbocycles. The standard InChI is InChI=1S/C8H11ClF3N5/c1-4(2)17(3-8(10,11)12)7-15-5(9)14-6(13)16-7/h4H,3H2,1-2H3,(H2,13,14,15,16). The van der Waals surface area contributed by atoms with Crippen molar-refractivity contribution in [3.8, 4) is 0 Å². The summed E-state index contributed by atoms with van der Waals surface area (Å²) in [6.45, 7) is 1.99. The van der Waals surface area contributed by atoms with Crippen LogP contribution in [0.5, 0.6) is 0 Å². The largest absolute Gasteiger partial charge is 0.406 e. The minimum absolute atomic E-state index is 0.185. The highest BCUT2D eigenvalue weighted by atomic mass is 35.5. The van der Waals surface area contributed by atoms with Gasteiger partial charge in [-0.2, -0.15) is 28.1 Å². The second-order valence-corrected chi connectivity index (χ2v) is 3.94. The normalized spacial score (nSPS) is 11.9. The van der Waals surface area contributed by atoms with Gasteiger partial charge in [0, 0.05) is 6.04 Å². The Labute approximate surface area is 101 Å². The van der Waals surface area contributed by atoms with Gasteiger partial charge in [0.15, 0.2) is 0 Å². The Hall–Kier alpha value is -1.31. The summed E-state index contributed by atoms with van der Waals surface area (Å²) in [5.74, 6) is -0.400. The van der Waals surface area contributed by atoms with Gasteiger partial charge in [-0.3, -0.25) is 0 Å². The topological polar surface area (TPSA) is 67.9 Å². The summed E-state index contributed by atoms with van der Waals surface area (Å²) in [6.07, 6.45) is -4.36. The summed E-state index contributed by atoms with van der Waals surface area (Å²) in [5.41, 5.74) is 5.31. The summed E-state index contributed by atoms with van der Waals surface area (Å²) in [4.78, 5) is 11.7. The van der Waals surface area contributed by atoms with Crippen LogP contribution in [-0.4, -0.2) is 33.7 Å². The smallest absolute Gasteiger partial charge is 0.368 e. The van der Waals surface area contributed by atoms with Gasteiger partial charge in [-0.05, 0) is 25.4 Å². The number of rotatable bonds is 3. The molecule has 0 aliphatic carbocycles. The second-order valence-electron chi connectivity index (χ2n) is 3.60. The average molecular weight is 270 g/mol. The first kappa shape index (κ1) is 13.8. The lowest BCUT2D eigenvalue weighted by atomic mass is 10.3. The predicted octanol–water partition coefficient (Wildman–Crippen LogP) is 1.88. The molecular formula is C8H11ClF3N5. The van der Waals surface area contributed by atoms with Crippen LogP contribution in [0.25, 0.3) is 0 Å². The van der Waals surface area contributed by atoms with Crippen LogP contribution in [0.4, 0.5) is 25.1 Å². The molecule has 0 saturated heterocycles. The maximum Gasteiger partial charge on any atom is 0.406 e. The van der Waals surface area contributed by atoms with Crippen LogP contribution < -0.4 is 10.6 Å². The van der Waals surface area contributed by atoms with E-state index >= 15 is 0 Å². The molecule has 5 nitrogen and oxygen atoms in total. The molecule has 0 amide bonds. The third-order valence-electron chi connectivity index (χ3n) is 1.84. The number of aromatic nitrogens is 3. The Balaban J connectivity index is 3.05. The molecule has 0 aliphatic heterocycles. The Morgan fingerprint density at radius 1 is 1.29 bits per heavy atom. The van der Waals surface area contributed by atoms with Crippen molar-refractivity contribution in [1.82, 2.24) is 15.0 Å². The van der Waals surface area contributed by atoms with Crippen molar-refractivity contribution in [1.29, 1.82) is 0 Å². The minimum atomic E-state index is -4.36. The molecule has 0 aliphatic rings.